The predicted octanol–water partition coefficient (Wildman–Crippen LogP) is 2.00. The van der Waals surface area contributed by atoms with Gasteiger partial charge < -0.3 is 10.1 Å². The van der Waals surface area contributed by atoms with Crippen molar-refractivity contribution in [1.82, 2.24) is 5.32 Å². The SMILES string of the molecule is CC1(C)Cc2cccc(C3CNC(=O)C3)c2O1. The number of benzene rings is 1. The monoisotopic (exact) mass is 231 g/mol. The van der Waals surface area contributed by atoms with Gasteiger partial charge in [0.15, 0.2) is 0 Å². The highest BCUT2D eigenvalue weighted by Crippen LogP contribution is 2.41. The maximum Gasteiger partial charge on any atom is 0.220 e. The van der Waals surface area contributed by atoms with Crippen molar-refractivity contribution in [1.29, 1.82) is 0 Å². The van der Waals surface area contributed by atoms with E-state index in [1.807, 2.05) is 0 Å². The number of ether oxygens (including phenoxy) is 1. The van der Waals surface area contributed by atoms with Crippen molar-refractivity contribution in [2.24, 2.45) is 0 Å². The first-order valence-corrected chi connectivity index (χ1v) is 6.13. The van der Waals surface area contributed by atoms with Crippen molar-refractivity contribution < 1.29 is 9.53 Å². The number of hydrogen-bond donors (Lipinski definition) is 1. The first-order chi connectivity index (χ1) is 8.05. The van der Waals surface area contributed by atoms with Crippen molar-refractivity contribution in [3.63, 3.8) is 0 Å². The molecule has 0 aliphatic carbocycles. The summed E-state index contributed by atoms with van der Waals surface area (Å²) in [5.74, 6) is 1.43. The van der Waals surface area contributed by atoms with Gasteiger partial charge in [-0.25, -0.2) is 0 Å². The van der Waals surface area contributed by atoms with Crippen LogP contribution in [0.15, 0.2) is 18.2 Å². The third-order valence-corrected chi connectivity index (χ3v) is 3.54. The molecule has 0 aromatic heterocycles. The van der Waals surface area contributed by atoms with E-state index in [9.17, 15) is 4.79 Å². The molecular formula is C14H17NO2. The van der Waals surface area contributed by atoms with E-state index >= 15 is 0 Å². The fourth-order valence-corrected chi connectivity index (χ4v) is 2.79. The average molecular weight is 231 g/mol. The molecule has 3 heteroatoms. The van der Waals surface area contributed by atoms with E-state index in [4.69, 9.17) is 4.74 Å². The summed E-state index contributed by atoms with van der Waals surface area (Å²) in [5.41, 5.74) is 2.34. The number of hydrogen-bond acceptors (Lipinski definition) is 2. The average Bonchev–Trinajstić information content (AvgIpc) is 2.78. The zero-order chi connectivity index (χ0) is 12.0. The molecule has 3 nitrogen and oxygen atoms in total. The summed E-state index contributed by atoms with van der Waals surface area (Å²) in [4.78, 5) is 11.3. The standard InChI is InChI=1S/C14H17NO2/c1-14(2)7-9-4-3-5-11(13(9)17-14)10-6-12(16)15-8-10/h3-5,10H,6-8H2,1-2H3,(H,15,16). The van der Waals surface area contributed by atoms with Crippen molar-refractivity contribution in [2.45, 2.75) is 38.2 Å². The molecule has 1 unspecified atom stereocenters. The minimum Gasteiger partial charge on any atom is -0.487 e. The number of carbonyl (C=O) groups excluding carboxylic acids is 1. The fraction of sp³-hybridized carbons (Fsp3) is 0.500. The van der Waals surface area contributed by atoms with Crippen molar-refractivity contribution in [3.8, 4) is 5.75 Å². The summed E-state index contributed by atoms with van der Waals surface area (Å²) in [5, 5.41) is 2.89. The molecule has 0 saturated carbocycles. The first kappa shape index (κ1) is 10.6. The smallest absolute Gasteiger partial charge is 0.220 e. The molecule has 1 amide bonds. The van der Waals surface area contributed by atoms with Crippen molar-refractivity contribution >= 4 is 5.91 Å². The fourth-order valence-electron chi connectivity index (χ4n) is 2.79. The largest absolute Gasteiger partial charge is 0.487 e. The van der Waals surface area contributed by atoms with Gasteiger partial charge in [-0.15, -0.1) is 0 Å². The topological polar surface area (TPSA) is 38.3 Å². The van der Waals surface area contributed by atoms with E-state index in [-0.39, 0.29) is 17.4 Å². The summed E-state index contributed by atoms with van der Waals surface area (Å²) < 4.78 is 6.03. The van der Waals surface area contributed by atoms with Gasteiger partial charge in [0, 0.05) is 25.3 Å². The molecule has 3 rings (SSSR count). The van der Waals surface area contributed by atoms with Crippen molar-refractivity contribution in [2.75, 3.05) is 6.54 Å². The van der Waals surface area contributed by atoms with Crippen LogP contribution >= 0.6 is 0 Å². The molecule has 2 aliphatic rings. The predicted molar refractivity (Wildman–Crippen MR) is 65.2 cm³/mol. The highest BCUT2D eigenvalue weighted by Gasteiger charge is 2.34. The number of carbonyl (C=O) groups is 1. The highest BCUT2D eigenvalue weighted by atomic mass is 16.5. The van der Waals surface area contributed by atoms with Crippen LogP contribution in [0, 0.1) is 0 Å². The lowest BCUT2D eigenvalue weighted by Gasteiger charge is -2.19. The van der Waals surface area contributed by atoms with Crippen LogP contribution in [0.1, 0.15) is 37.3 Å². The van der Waals surface area contributed by atoms with Crippen LogP contribution in [-0.2, 0) is 11.2 Å². The molecule has 1 atom stereocenters. The molecule has 1 aromatic carbocycles. The first-order valence-electron chi connectivity index (χ1n) is 6.13. The summed E-state index contributed by atoms with van der Waals surface area (Å²) in [7, 11) is 0. The minimum absolute atomic E-state index is 0.117. The number of para-hydroxylation sites is 1. The molecule has 0 bridgehead atoms. The maximum absolute atomic E-state index is 11.3. The van der Waals surface area contributed by atoms with Gasteiger partial charge in [0.2, 0.25) is 5.91 Å². The Hall–Kier alpha value is -1.51. The van der Waals surface area contributed by atoms with Crippen LogP contribution in [0.25, 0.3) is 0 Å². The second kappa shape index (κ2) is 3.49. The van der Waals surface area contributed by atoms with Gasteiger partial charge in [-0.2, -0.15) is 0 Å². The number of fused-ring (bicyclic) bond motifs is 1. The van der Waals surface area contributed by atoms with Gasteiger partial charge in [0.1, 0.15) is 11.4 Å². The van der Waals surface area contributed by atoms with E-state index < -0.39 is 0 Å². The second-order valence-electron chi connectivity index (χ2n) is 5.58. The van der Waals surface area contributed by atoms with Gasteiger partial charge in [-0.05, 0) is 25.0 Å². The molecule has 1 aromatic rings. The summed E-state index contributed by atoms with van der Waals surface area (Å²) in [6, 6.07) is 6.28. The van der Waals surface area contributed by atoms with Crippen LogP contribution in [0.2, 0.25) is 0 Å². The molecule has 2 heterocycles. The Morgan fingerprint density at radius 1 is 1.41 bits per heavy atom. The Morgan fingerprint density at radius 3 is 2.94 bits per heavy atom. The van der Waals surface area contributed by atoms with E-state index in [2.05, 4.69) is 37.4 Å². The van der Waals surface area contributed by atoms with E-state index in [1.54, 1.807) is 0 Å². The molecule has 1 saturated heterocycles. The van der Waals surface area contributed by atoms with Crippen LogP contribution in [0.4, 0.5) is 0 Å². The van der Waals surface area contributed by atoms with Gasteiger partial charge in [-0.3, -0.25) is 4.79 Å². The molecule has 90 valence electrons. The summed E-state index contributed by atoms with van der Waals surface area (Å²) >= 11 is 0. The van der Waals surface area contributed by atoms with Gasteiger partial charge in [0.05, 0.1) is 0 Å². The van der Waals surface area contributed by atoms with Crippen LogP contribution in [0.5, 0.6) is 5.75 Å². The Morgan fingerprint density at radius 2 is 2.24 bits per heavy atom. The normalized spacial score (nSPS) is 25.3. The van der Waals surface area contributed by atoms with Gasteiger partial charge in [0.25, 0.3) is 0 Å². The molecule has 17 heavy (non-hydrogen) atoms. The van der Waals surface area contributed by atoms with Crippen LogP contribution in [0.3, 0.4) is 0 Å². The lowest BCUT2D eigenvalue weighted by atomic mass is 9.94. The zero-order valence-electron chi connectivity index (χ0n) is 10.2. The summed E-state index contributed by atoms with van der Waals surface area (Å²) in [6.45, 7) is 4.95. The third-order valence-electron chi connectivity index (χ3n) is 3.54. The molecule has 1 N–H and O–H groups in total. The Balaban J connectivity index is 1.98. The van der Waals surface area contributed by atoms with Crippen LogP contribution < -0.4 is 10.1 Å². The van der Waals surface area contributed by atoms with Crippen molar-refractivity contribution in [3.05, 3.63) is 29.3 Å². The Labute approximate surface area is 101 Å². The Kier molecular flexibility index (Phi) is 2.18. The Bertz CT molecular complexity index is 479. The summed E-state index contributed by atoms with van der Waals surface area (Å²) in [6.07, 6.45) is 1.53. The quantitative estimate of drug-likeness (QED) is 0.803. The van der Waals surface area contributed by atoms with E-state index in [0.717, 1.165) is 18.7 Å². The molecule has 1 fully saturated rings. The maximum atomic E-state index is 11.3. The minimum atomic E-state index is -0.117. The van der Waals surface area contributed by atoms with E-state index in [1.165, 1.54) is 11.1 Å². The third kappa shape index (κ3) is 1.79. The lowest BCUT2D eigenvalue weighted by molar-refractivity contribution is -0.119. The number of rotatable bonds is 1. The number of amides is 1. The van der Waals surface area contributed by atoms with Gasteiger partial charge >= 0.3 is 0 Å². The zero-order valence-corrected chi connectivity index (χ0v) is 10.2. The highest BCUT2D eigenvalue weighted by molar-refractivity contribution is 5.79. The molecular weight excluding hydrogens is 214 g/mol. The van der Waals surface area contributed by atoms with Crippen LogP contribution in [-0.4, -0.2) is 18.1 Å². The molecule has 2 aliphatic heterocycles. The lowest BCUT2D eigenvalue weighted by Crippen LogP contribution is -2.25. The molecule has 0 spiro atoms. The number of nitrogens with one attached hydrogen (secondary N) is 1. The van der Waals surface area contributed by atoms with E-state index in [0.29, 0.717) is 6.42 Å². The second-order valence-corrected chi connectivity index (χ2v) is 5.58. The van der Waals surface area contributed by atoms with Gasteiger partial charge in [-0.1, -0.05) is 18.2 Å². The molecule has 0 radical (unpaired) electrons.